The normalized spacial score (nSPS) is 20.1. The minimum atomic E-state index is -2.69. The number of carboxylic acid groups (broad SMARTS) is 2. The first-order valence-electron chi connectivity index (χ1n) is 13.5. The molecule has 0 amide bonds. The third-order valence-electron chi connectivity index (χ3n) is 6.74. The van der Waals surface area contributed by atoms with E-state index >= 15 is 0 Å². The highest BCUT2D eigenvalue weighted by molar-refractivity contribution is 7.57. The topological polar surface area (TPSA) is 105 Å². The predicted octanol–water partition coefficient (Wildman–Crippen LogP) is 8.30. The Morgan fingerprint density at radius 3 is 1.95 bits per heavy atom. The molecule has 0 aliphatic heterocycles. The van der Waals surface area contributed by atoms with Crippen LogP contribution in [0.25, 0.3) is 5.57 Å². The van der Waals surface area contributed by atoms with Gasteiger partial charge in [0.25, 0.3) is 7.51 Å². The number of aromatic carboxylic acids is 2. The first-order chi connectivity index (χ1) is 19.1. The zero-order valence-corrected chi connectivity index (χ0v) is 24.1. The average Bonchev–Trinajstić information content (AvgIpc) is 2.93. The van der Waals surface area contributed by atoms with Gasteiger partial charge >= 0.3 is 11.9 Å². The van der Waals surface area contributed by atoms with E-state index in [1.165, 1.54) is 0 Å². The van der Waals surface area contributed by atoms with Crippen molar-refractivity contribution < 1.29 is 28.8 Å². The lowest BCUT2D eigenvalue weighted by atomic mass is 9.91. The van der Waals surface area contributed by atoms with Crippen LogP contribution in [0.15, 0.2) is 95.5 Å². The van der Waals surface area contributed by atoms with Crippen LogP contribution in [-0.4, -0.2) is 40.0 Å². The Balaban J connectivity index is 1.48. The van der Waals surface area contributed by atoms with Gasteiger partial charge in [0.1, 0.15) is 5.76 Å². The average molecular weight is 562 g/mol. The monoisotopic (exact) mass is 561 g/mol. The molecule has 8 heteroatoms. The van der Waals surface area contributed by atoms with Crippen LogP contribution in [0.2, 0.25) is 0 Å². The van der Waals surface area contributed by atoms with Gasteiger partial charge in [-0.25, -0.2) is 14.3 Å². The molecular weight excluding hydrogens is 525 g/mol. The van der Waals surface area contributed by atoms with Crippen molar-refractivity contribution in [1.29, 1.82) is 0 Å². The SMILES string of the molecule is CC(C)N=P(OC1=CCC(c2ccc(C(=O)O)cc2)C=C1)(OC1C=CC(c2ccc(C(=O)O)cc2)=CC1)C(C)C. The van der Waals surface area contributed by atoms with E-state index in [9.17, 15) is 9.59 Å². The van der Waals surface area contributed by atoms with Crippen LogP contribution in [0, 0.1) is 0 Å². The molecule has 210 valence electrons. The summed E-state index contributed by atoms with van der Waals surface area (Å²) >= 11 is 0. The van der Waals surface area contributed by atoms with Crippen molar-refractivity contribution in [2.24, 2.45) is 4.74 Å². The van der Waals surface area contributed by atoms with Gasteiger partial charge < -0.3 is 19.3 Å². The molecule has 2 aliphatic carbocycles. The van der Waals surface area contributed by atoms with Gasteiger partial charge in [0.05, 0.1) is 17.2 Å². The number of hydrogen-bond donors (Lipinski definition) is 2. The molecule has 2 aliphatic rings. The molecule has 0 fully saturated rings. The molecule has 0 saturated carbocycles. The third kappa shape index (κ3) is 7.09. The number of rotatable bonds is 10. The Morgan fingerprint density at radius 2 is 1.48 bits per heavy atom. The van der Waals surface area contributed by atoms with Crippen molar-refractivity contribution in [3.63, 3.8) is 0 Å². The molecule has 40 heavy (non-hydrogen) atoms. The fraction of sp³-hybridized carbons (Fsp3) is 0.312. The van der Waals surface area contributed by atoms with Gasteiger partial charge in [-0.15, -0.1) is 0 Å². The Labute approximate surface area is 235 Å². The molecule has 0 heterocycles. The molecule has 0 aromatic heterocycles. The van der Waals surface area contributed by atoms with Gasteiger partial charge in [0.2, 0.25) is 0 Å². The lowest BCUT2D eigenvalue weighted by Gasteiger charge is -2.33. The van der Waals surface area contributed by atoms with Crippen LogP contribution >= 0.6 is 7.51 Å². The van der Waals surface area contributed by atoms with E-state index in [-0.39, 0.29) is 34.8 Å². The van der Waals surface area contributed by atoms with Gasteiger partial charge in [0.15, 0.2) is 0 Å². The Morgan fingerprint density at radius 1 is 0.850 bits per heavy atom. The van der Waals surface area contributed by atoms with Crippen molar-refractivity contribution in [1.82, 2.24) is 0 Å². The number of allylic oxidation sites excluding steroid dienone is 5. The van der Waals surface area contributed by atoms with E-state index in [2.05, 4.69) is 32.1 Å². The van der Waals surface area contributed by atoms with Crippen LogP contribution in [-0.2, 0) is 9.05 Å². The summed E-state index contributed by atoms with van der Waals surface area (Å²) in [6.07, 6.45) is 13.4. The second-order valence-electron chi connectivity index (χ2n) is 10.5. The number of carbonyl (C=O) groups is 2. The van der Waals surface area contributed by atoms with Crippen molar-refractivity contribution in [2.45, 2.75) is 64.3 Å². The fourth-order valence-electron chi connectivity index (χ4n) is 4.59. The molecule has 3 unspecified atom stereocenters. The Kier molecular flexibility index (Phi) is 9.28. The predicted molar refractivity (Wildman–Crippen MR) is 159 cm³/mol. The lowest BCUT2D eigenvalue weighted by molar-refractivity contribution is 0.0686. The molecule has 2 aromatic rings. The third-order valence-corrected chi connectivity index (χ3v) is 9.88. The summed E-state index contributed by atoms with van der Waals surface area (Å²) in [5.41, 5.74) is 3.60. The maximum Gasteiger partial charge on any atom is 0.335 e. The standard InChI is InChI=1S/C32H36NO6P/c1-21(2)33-40(22(3)4,38-29-17-13-25(14-18-29)23-5-9-27(10-6-23)31(34)35)39-30-19-15-26(16-20-30)24-7-11-28(12-8-24)32(36)37/h5-15,17,19-22,26,29H,16,18H2,1-4H3,(H,34,35)(H,36,37). The molecule has 0 bridgehead atoms. The molecular formula is C32H36NO6P. The Bertz CT molecular complexity index is 1410. The first-order valence-corrected chi connectivity index (χ1v) is 15.1. The van der Waals surface area contributed by atoms with E-state index < -0.39 is 19.4 Å². The van der Waals surface area contributed by atoms with Crippen LogP contribution in [0.5, 0.6) is 0 Å². The zero-order chi connectivity index (χ0) is 28.9. The number of hydrogen-bond acceptors (Lipinski definition) is 5. The molecule has 7 nitrogen and oxygen atoms in total. The van der Waals surface area contributed by atoms with Crippen molar-refractivity contribution in [2.75, 3.05) is 0 Å². The second-order valence-corrected chi connectivity index (χ2v) is 13.3. The highest BCUT2D eigenvalue weighted by Crippen LogP contribution is 2.60. The Hall–Kier alpha value is -3.67. The van der Waals surface area contributed by atoms with Crippen molar-refractivity contribution >= 4 is 25.0 Å². The van der Waals surface area contributed by atoms with Crippen LogP contribution < -0.4 is 0 Å². The van der Waals surface area contributed by atoms with Crippen molar-refractivity contribution in [3.8, 4) is 0 Å². The number of nitrogens with zero attached hydrogens (tertiary/aromatic N) is 1. The molecule has 3 atom stereocenters. The number of benzene rings is 2. The highest BCUT2D eigenvalue weighted by Gasteiger charge is 2.33. The lowest BCUT2D eigenvalue weighted by Crippen LogP contribution is -2.17. The minimum absolute atomic E-state index is 0.0239. The van der Waals surface area contributed by atoms with E-state index in [4.69, 9.17) is 24.0 Å². The van der Waals surface area contributed by atoms with Gasteiger partial charge in [-0.1, -0.05) is 62.4 Å². The summed E-state index contributed by atoms with van der Waals surface area (Å²) in [4.78, 5) is 22.3. The summed E-state index contributed by atoms with van der Waals surface area (Å²) < 4.78 is 18.4. The molecule has 2 aromatic carbocycles. The van der Waals surface area contributed by atoms with Crippen LogP contribution in [0.1, 0.15) is 78.3 Å². The zero-order valence-electron chi connectivity index (χ0n) is 23.2. The van der Waals surface area contributed by atoms with Crippen LogP contribution in [0.3, 0.4) is 0 Å². The minimum Gasteiger partial charge on any atom is -0.478 e. The van der Waals surface area contributed by atoms with Gasteiger partial charge in [-0.05, 0) is 79.8 Å². The maximum atomic E-state index is 11.2. The van der Waals surface area contributed by atoms with Crippen molar-refractivity contribution in [3.05, 3.63) is 113 Å². The van der Waals surface area contributed by atoms with E-state index in [1.54, 1.807) is 24.3 Å². The molecule has 0 spiro atoms. The molecule has 0 saturated heterocycles. The second kappa shape index (κ2) is 12.7. The largest absolute Gasteiger partial charge is 0.478 e. The number of carboxylic acids is 2. The summed E-state index contributed by atoms with van der Waals surface area (Å²) in [5, 5.41) is 18.3. The summed E-state index contributed by atoms with van der Waals surface area (Å²) in [7, 11) is -2.69. The van der Waals surface area contributed by atoms with E-state index in [0.29, 0.717) is 6.42 Å². The molecule has 0 radical (unpaired) electrons. The first kappa shape index (κ1) is 29.3. The highest BCUT2D eigenvalue weighted by atomic mass is 31.2. The fourth-order valence-corrected chi connectivity index (χ4v) is 7.08. The van der Waals surface area contributed by atoms with Gasteiger partial charge in [0, 0.05) is 17.6 Å². The summed E-state index contributed by atoms with van der Waals surface area (Å²) in [5.74, 6) is -0.999. The van der Waals surface area contributed by atoms with E-state index in [1.807, 2.05) is 56.3 Å². The van der Waals surface area contributed by atoms with Crippen LogP contribution in [0.4, 0.5) is 0 Å². The van der Waals surface area contributed by atoms with Gasteiger partial charge in [-0.2, -0.15) is 0 Å². The molecule has 2 N–H and O–H groups in total. The quantitative estimate of drug-likeness (QED) is 0.283. The maximum absolute atomic E-state index is 11.2. The van der Waals surface area contributed by atoms with Gasteiger partial charge in [-0.3, -0.25) is 0 Å². The summed E-state index contributed by atoms with van der Waals surface area (Å²) in [6, 6.07) is 13.9. The smallest absolute Gasteiger partial charge is 0.335 e. The van der Waals surface area contributed by atoms with E-state index in [0.717, 1.165) is 28.9 Å². The summed E-state index contributed by atoms with van der Waals surface area (Å²) in [6.45, 7) is 8.22. The molecule has 4 rings (SSSR count).